The molecule has 0 amide bonds. The van der Waals surface area contributed by atoms with Gasteiger partial charge in [0.05, 0.1) is 5.25 Å². The van der Waals surface area contributed by atoms with Gasteiger partial charge >= 0.3 is 0 Å². The van der Waals surface area contributed by atoms with Crippen LogP contribution in [0.25, 0.3) is 0 Å². The van der Waals surface area contributed by atoms with Gasteiger partial charge in [-0.2, -0.15) is 0 Å². The second kappa shape index (κ2) is 5.92. The number of carbonyl (C=O) groups excluding carboxylic acids is 1. The lowest BCUT2D eigenvalue weighted by Crippen LogP contribution is -2.46. The number of sulfone groups is 1. The number of hydrogen-bond donors (Lipinski definition) is 0. The maximum absolute atomic E-state index is 11.7. The van der Waals surface area contributed by atoms with E-state index in [1.54, 1.807) is 6.92 Å². The Labute approximate surface area is 116 Å². The van der Waals surface area contributed by atoms with Crippen molar-refractivity contribution in [3.8, 4) is 0 Å². The van der Waals surface area contributed by atoms with Crippen molar-refractivity contribution in [2.75, 3.05) is 19.3 Å². The van der Waals surface area contributed by atoms with Crippen molar-refractivity contribution in [3.63, 3.8) is 0 Å². The van der Waals surface area contributed by atoms with Gasteiger partial charge in [0.1, 0.15) is 15.6 Å². The summed E-state index contributed by atoms with van der Waals surface area (Å²) in [5, 5.41) is -0.156. The molecule has 2 aliphatic rings. The second-order valence-electron chi connectivity index (χ2n) is 6.19. The summed E-state index contributed by atoms with van der Waals surface area (Å²) in [4.78, 5) is 13.8. The monoisotopic (exact) mass is 287 g/mol. The summed E-state index contributed by atoms with van der Waals surface area (Å²) in [6.07, 6.45) is 6.96. The Balaban J connectivity index is 1.91. The molecule has 2 fully saturated rings. The molecule has 110 valence electrons. The zero-order valence-electron chi connectivity index (χ0n) is 12.0. The Morgan fingerprint density at radius 2 is 1.74 bits per heavy atom. The highest BCUT2D eigenvalue weighted by Gasteiger charge is 2.33. The van der Waals surface area contributed by atoms with Crippen molar-refractivity contribution in [2.45, 2.75) is 56.7 Å². The molecule has 0 aromatic carbocycles. The molecule has 0 N–H and O–H groups in total. The smallest absolute Gasteiger partial charge is 0.150 e. The van der Waals surface area contributed by atoms with E-state index in [2.05, 4.69) is 4.90 Å². The Bertz CT molecular complexity index is 424. The van der Waals surface area contributed by atoms with Crippen LogP contribution in [0.1, 0.15) is 45.4 Å². The van der Waals surface area contributed by atoms with Crippen molar-refractivity contribution < 1.29 is 13.2 Å². The lowest BCUT2D eigenvalue weighted by atomic mass is 9.88. The second-order valence-corrected chi connectivity index (χ2v) is 8.52. The first kappa shape index (κ1) is 15.0. The van der Waals surface area contributed by atoms with Crippen LogP contribution >= 0.6 is 0 Å². The number of carbonyl (C=O) groups is 1. The Morgan fingerprint density at radius 1 is 1.11 bits per heavy atom. The maximum Gasteiger partial charge on any atom is 0.150 e. The molecule has 5 heteroatoms. The third-order valence-corrected chi connectivity index (χ3v) is 6.46. The highest BCUT2D eigenvalue weighted by molar-refractivity contribution is 7.91. The number of rotatable bonds is 3. The summed E-state index contributed by atoms with van der Waals surface area (Å²) in [6, 6.07) is 0.404. The largest absolute Gasteiger partial charge is 0.300 e. The van der Waals surface area contributed by atoms with Crippen molar-refractivity contribution in [2.24, 2.45) is 5.92 Å². The minimum atomic E-state index is -2.90. The third-order valence-electron chi connectivity index (χ3n) is 4.82. The summed E-state index contributed by atoms with van der Waals surface area (Å²) in [6.45, 7) is 3.58. The van der Waals surface area contributed by atoms with Gasteiger partial charge in [0.2, 0.25) is 0 Å². The summed E-state index contributed by atoms with van der Waals surface area (Å²) < 4.78 is 23.4. The fraction of sp³-hybridized carbons (Fsp3) is 0.929. The van der Waals surface area contributed by atoms with Gasteiger partial charge in [0.25, 0.3) is 0 Å². The molecule has 1 aliphatic carbocycles. The zero-order chi connectivity index (χ0) is 14.0. The van der Waals surface area contributed by atoms with E-state index in [0.29, 0.717) is 11.8 Å². The molecular formula is C14H25NO3S. The van der Waals surface area contributed by atoms with Gasteiger partial charge < -0.3 is 4.90 Å². The molecule has 2 rings (SSSR count). The summed E-state index contributed by atoms with van der Waals surface area (Å²) in [7, 11) is -2.90. The number of hydrogen-bond acceptors (Lipinski definition) is 4. The molecule has 0 bridgehead atoms. The molecule has 2 atom stereocenters. The van der Waals surface area contributed by atoms with Crippen LogP contribution in [0.5, 0.6) is 0 Å². The summed E-state index contributed by atoms with van der Waals surface area (Å²) in [5.41, 5.74) is 0. The van der Waals surface area contributed by atoms with E-state index in [-0.39, 0.29) is 11.2 Å². The van der Waals surface area contributed by atoms with Gasteiger partial charge in [-0.3, -0.25) is 4.79 Å². The normalized spacial score (nSPS) is 31.3. The molecular weight excluding hydrogens is 262 g/mol. The average Bonchev–Trinajstić information content (AvgIpc) is 2.38. The minimum absolute atomic E-state index is 0.156. The number of ketones is 1. The average molecular weight is 287 g/mol. The van der Waals surface area contributed by atoms with Crippen LogP contribution in [0.15, 0.2) is 0 Å². The standard InChI is InChI=1S/C14H25NO3S/c1-11(16)12-6-8-15(9-7-12)13-4-3-5-14(10-13)19(2,17)18/h12-14H,3-10H2,1-2H3. The van der Waals surface area contributed by atoms with Gasteiger partial charge in [0, 0.05) is 18.2 Å². The first-order chi connectivity index (χ1) is 8.88. The van der Waals surface area contributed by atoms with Crippen molar-refractivity contribution in [1.82, 2.24) is 4.90 Å². The zero-order valence-corrected chi connectivity index (χ0v) is 12.8. The van der Waals surface area contributed by atoms with Crippen LogP contribution in [0.2, 0.25) is 0 Å². The van der Waals surface area contributed by atoms with E-state index in [0.717, 1.165) is 51.6 Å². The first-order valence-electron chi connectivity index (χ1n) is 7.31. The van der Waals surface area contributed by atoms with Gasteiger partial charge in [-0.1, -0.05) is 6.42 Å². The van der Waals surface area contributed by atoms with E-state index in [9.17, 15) is 13.2 Å². The van der Waals surface area contributed by atoms with E-state index < -0.39 is 9.84 Å². The molecule has 19 heavy (non-hydrogen) atoms. The van der Waals surface area contributed by atoms with Crippen LogP contribution < -0.4 is 0 Å². The maximum atomic E-state index is 11.7. The van der Waals surface area contributed by atoms with Crippen molar-refractivity contribution in [3.05, 3.63) is 0 Å². The molecule has 0 aromatic rings. The van der Waals surface area contributed by atoms with E-state index in [1.165, 1.54) is 6.26 Å². The minimum Gasteiger partial charge on any atom is -0.300 e. The van der Waals surface area contributed by atoms with Crippen LogP contribution in [0, 0.1) is 5.92 Å². The fourth-order valence-corrected chi connectivity index (χ4v) is 4.68. The molecule has 4 nitrogen and oxygen atoms in total. The predicted octanol–water partition coefficient (Wildman–Crippen LogP) is 1.64. The van der Waals surface area contributed by atoms with Gasteiger partial charge in [-0.05, 0) is 52.1 Å². The molecule has 0 spiro atoms. The van der Waals surface area contributed by atoms with E-state index in [4.69, 9.17) is 0 Å². The molecule has 1 heterocycles. The Kier molecular flexibility index (Phi) is 4.66. The van der Waals surface area contributed by atoms with Gasteiger partial charge in [-0.25, -0.2) is 8.42 Å². The van der Waals surface area contributed by atoms with Gasteiger partial charge in [-0.15, -0.1) is 0 Å². The molecule has 0 radical (unpaired) electrons. The van der Waals surface area contributed by atoms with Crippen LogP contribution in [0.4, 0.5) is 0 Å². The van der Waals surface area contributed by atoms with Crippen LogP contribution in [0.3, 0.4) is 0 Å². The first-order valence-corrected chi connectivity index (χ1v) is 9.26. The Morgan fingerprint density at radius 3 is 2.26 bits per heavy atom. The lowest BCUT2D eigenvalue weighted by molar-refractivity contribution is -0.122. The number of likely N-dealkylation sites (tertiary alicyclic amines) is 1. The number of Topliss-reactive ketones (excluding diaryl/α,β-unsaturated/α-hetero) is 1. The topological polar surface area (TPSA) is 54.5 Å². The molecule has 2 unspecified atom stereocenters. The van der Waals surface area contributed by atoms with E-state index >= 15 is 0 Å². The number of nitrogens with zero attached hydrogens (tertiary/aromatic N) is 1. The molecule has 1 saturated carbocycles. The van der Waals surface area contributed by atoms with Crippen LogP contribution in [-0.2, 0) is 14.6 Å². The summed E-state index contributed by atoms with van der Waals surface area (Å²) >= 11 is 0. The fourth-order valence-electron chi connectivity index (χ4n) is 3.51. The lowest BCUT2D eigenvalue weighted by Gasteiger charge is -2.40. The predicted molar refractivity (Wildman–Crippen MR) is 75.9 cm³/mol. The number of piperidine rings is 1. The van der Waals surface area contributed by atoms with Crippen molar-refractivity contribution in [1.29, 1.82) is 0 Å². The van der Waals surface area contributed by atoms with Crippen LogP contribution in [-0.4, -0.2) is 49.7 Å². The molecule has 0 aromatic heterocycles. The summed E-state index contributed by atoms with van der Waals surface area (Å²) in [5.74, 6) is 0.530. The van der Waals surface area contributed by atoms with E-state index in [1.807, 2.05) is 0 Å². The van der Waals surface area contributed by atoms with Crippen molar-refractivity contribution >= 4 is 15.6 Å². The highest BCUT2D eigenvalue weighted by atomic mass is 32.2. The molecule has 1 aliphatic heterocycles. The SMILES string of the molecule is CC(=O)C1CCN(C2CCCC(S(C)(=O)=O)C2)CC1. The highest BCUT2D eigenvalue weighted by Crippen LogP contribution is 2.30. The quantitative estimate of drug-likeness (QED) is 0.792. The molecule has 1 saturated heterocycles. The third kappa shape index (κ3) is 3.78. The van der Waals surface area contributed by atoms with Gasteiger partial charge in [0.15, 0.2) is 0 Å². The Hall–Kier alpha value is -0.420.